The molecule has 1 fully saturated rings. The van der Waals surface area contributed by atoms with E-state index < -0.39 is 6.10 Å². The molecule has 0 aliphatic carbocycles. The number of rotatable bonds is 6. The van der Waals surface area contributed by atoms with E-state index in [1.807, 2.05) is 72.5 Å². The van der Waals surface area contributed by atoms with Crippen LogP contribution in [0.1, 0.15) is 17.5 Å². The number of aromatic nitrogens is 5. The van der Waals surface area contributed by atoms with Crippen LogP contribution in [-0.2, 0) is 11.2 Å². The van der Waals surface area contributed by atoms with Crippen molar-refractivity contribution in [1.29, 1.82) is 0 Å². The van der Waals surface area contributed by atoms with Crippen LogP contribution in [-0.4, -0.2) is 55.8 Å². The van der Waals surface area contributed by atoms with Crippen molar-refractivity contribution in [3.8, 4) is 22.6 Å². The second kappa shape index (κ2) is 9.40. The van der Waals surface area contributed by atoms with Gasteiger partial charge in [0.25, 0.3) is 0 Å². The highest BCUT2D eigenvalue weighted by molar-refractivity contribution is 5.93. The Morgan fingerprint density at radius 1 is 1.15 bits per heavy atom. The lowest BCUT2D eigenvalue weighted by Crippen LogP contribution is -2.23. The zero-order valence-electron chi connectivity index (χ0n) is 18.8. The fourth-order valence-electron chi connectivity index (χ4n) is 4.11. The van der Waals surface area contributed by atoms with Crippen LogP contribution in [0.3, 0.4) is 0 Å². The summed E-state index contributed by atoms with van der Waals surface area (Å²) < 4.78 is 0. The van der Waals surface area contributed by atoms with E-state index in [-0.39, 0.29) is 12.3 Å². The number of tetrazole rings is 1. The summed E-state index contributed by atoms with van der Waals surface area (Å²) in [5.41, 5.74) is 5.01. The maximum atomic E-state index is 12.8. The number of aliphatic hydroxyl groups excluding tert-OH is 1. The van der Waals surface area contributed by atoms with E-state index in [1.165, 1.54) is 0 Å². The number of hydrogen-bond donors (Lipinski definition) is 3. The molecule has 0 radical (unpaired) electrons. The number of H-pyrrole nitrogens is 1. The third kappa shape index (κ3) is 4.79. The Labute approximate surface area is 196 Å². The molecule has 2 aromatic carbocycles. The minimum absolute atomic E-state index is 0.111. The van der Waals surface area contributed by atoms with E-state index in [0.29, 0.717) is 42.5 Å². The Balaban J connectivity index is 1.49. The van der Waals surface area contributed by atoms with Crippen molar-refractivity contribution in [3.63, 3.8) is 0 Å². The van der Waals surface area contributed by atoms with Crippen LogP contribution in [0.15, 0.2) is 60.7 Å². The van der Waals surface area contributed by atoms with Gasteiger partial charge in [0.2, 0.25) is 11.7 Å². The number of carbonyl (C=O) groups excluding carboxylic acids is 1. The third-order valence-electron chi connectivity index (χ3n) is 5.86. The molecule has 1 saturated heterocycles. The van der Waals surface area contributed by atoms with E-state index in [1.54, 1.807) is 0 Å². The molecule has 1 atom stereocenters. The number of aryl methyl sites for hydroxylation is 1. The predicted octanol–water partition coefficient (Wildman–Crippen LogP) is 2.99. The lowest BCUT2D eigenvalue weighted by Gasteiger charge is -2.20. The van der Waals surface area contributed by atoms with Gasteiger partial charge in [-0.3, -0.25) is 4.79 Å². The van der Waals surface area contributed by atoms with E-state index in [4.69, 9.17) is 4.98 Å². The number of amides is 1. The van der Waals surface area contributed by atoms with Gasteiger partial charge in [-0.25, -0.2) is 4.98 Å². The third-order valence-corrected chi connectivity index (χ3v) is 5.86. The Morgan fingerprint density at radius 2 is 1.94 bits per heavy atom. The molecule has 1 aliphatic heterocycles. The van der Waals surface area contributed by atoms with Crippen molar-refractivity contribution in [3.05, 3.63) is 71.8 Å². The summed E-state index contributed by atoms with van der Waals surface area (Å²) in [6.45, 7) is 3.21. The number of benzene rings is 2. The number of aliphatic hydroxyl groups is 1. The SMILES string of the molecule is Cc1ccc(CC(=O)Nc2cc(-c3ccccc3-c3nn[nH]n3)nc(N3CCC(O)C3)c2)cc1. The van der Waals surface area contributed by atoms with Crippen LogP contribution in [0.25, 0.3) is 22.6 Å². The maximum Gasteiger partial charge on any atom is 0.228 e. The average molecular weight is 456 g/mol. The molecule has 3 heterocycles. The summed E-state index contributed by atoms with van der Waals surface area (Å²) >= 11 is 0. The number of anilines is 2. The molecule has 172 valence electrons. The average Bonchev–Trinajstić information content (AvgIpc) is 3.52. The van der Waals surface area contributed by atoms with Gasteiger partial charge in [-0.05, 0) is 30.2 Å². The topological polar surface area (TPSA) is 120 Å². The Morgan fingerprint density at radius 3 is 2.65 bits per heavy atom. The Hall–Kier alpha value is -4.11. The van der Waals surface area contributed by atoms with Crippen LogP contribution >= 0.6 is 0 Å². The minimum atomic E-state index is -0.392. The monoisotopic (exact) mass is 455 g/mol. The van der Waals surface area contributed by atoms with E-state index in [0.717, 1.165) is 22.3 Å². The highest BCUT2D eigenvalue weighted by Crippen LogP contribution is 2.33. The second-order valence-electron chi connectivity index (χ2n) is 8.48. The second-order valence-corrected chi connectivity index (χ2v) is 8.48. The fraction of sp³-hybridized carbons (Fsp3) is 0.240. The fourth-order valence-corrected chi connectivity index (χ4v) is 4.11. The van der Waals surface area contributed by atoms with Crippen molar-refractivity contribution in [1.82, 2.24) is 25.6 Å². The number of aromatic amines is 1. The van der Waals surface area contributed by atoms with Gasteiger partial charge in [-0.15, -0.1) is 10.2 Å². The minimum Gasteiger partial charge on any atom is -0.391 e. The first-order chi connectivity index (χ1) is 16.5. The normalized spacial score (nSPS) is 15.5. The van der Waals surface area contributed by atoms with Crippen LogP contribution in [0.2, 0.25) is 0 Å². The lowest BCUT2D eigenvalue weighted by atomic mass is 10.0. The van der Waals surface area contributed by atoms with Gasteiger partial charge in [0.15, 0.2) is 0 Å². The maximum absolute atomic E-state index is 12.8. The Kier molecular flexibility index (Phi) is 6.01. The molecule has 2 aromatic heterocycles. The van der Waals surface area contributed by atoms with Gasteiger partial charge >= 0.3 is 0 Å². The summed E-state index contributed by atoms with van der Waals surface area (Å²) in [5, 5.41) is 27.5. The smallest absolute Gasteiger partial charge is 0.228 e. The van der Waals surface area contributed by atoms with Crippen molar-refractivity contribution < 1.29 is 9.90 Å². The van der Waals surface area contributed by atoms with Crippen LogP contribution in [0.5, 0.6) is 0 Å². The van der Waals surface area contributed by atoms with Gasteiger partial charge in [-0.1, -0.05) is 54.1 Å². The number of β-amino-alcohol motifs (C(OH)–C–C–N with tert-alkyl or cyclic N) is 1. The summed E-state index contributed by atoms with van der Waals surface area (Å²) in [6.07, 6.45) is 0.562. The van der Waals surface area contributed by atoms with Crippen molar-refractivity contribution in [2.24, 2.45) is 0 Å². The first kappa shape index (κ1) is 21.7. The van der Waals surface area contributed by atoms with E-state index >= 15 is 0 Å². The quantitative estimate of drug-likeness (QED) is 0.409. The zero-order valence-corrected chi connectivity index (χ0v) is 18.8. The van der Waals surface area contributed by atoms with Gasteiger partial charge in [0.05, 0.1) is 18.2 Å². The summed E-state index contributed by atoms with van der Waals surface area (Å²) in [6, 6.07) is 19.3. The number of carbonyl (C=O) groups is 1. The highest BCUT2D eigenvalue weighted by atomic mass is 16.3. The van der Waals surface area contributed by atoms with Gasteiger partial charge in [-0.2, -0.15) is 5.21 Å². The van der Waals surface area contributed by atoms with Crippen molar-refractivity contribution >= 4 is 17.4 Å². The first-order valence-electron chi connectivity index (χ1n) is 11.2. The number of nitrogens with zero attached hydrogens (tertiary/aromatic N) is 5. The lowest BCUT2D eigenvalue weighted by molar-refractivity contribution is -0.115. The van der Waals surface area contributed by atoms with Crippen LogP contribution < -0.4 is 10.2 Å². The molecular formula is C25H25N7O2. The number of pyridine rings is 1. The molecule has 1 unspecified atom stereocenters. The number of nitrogens with one attached hydrogen (secondary N) is 2. The molecule has 9 nitrogen and oxygen atoms in total. The van der Waals surface area contributed by atoms with Crippen LogP contribution in [0.4, 0.5) is 11.5 Å². The molecule has 1 amide bonds. The molecule has 9 heteroatoms. The zero-order chi connectivity index (χ0) is 23.5. The Bertz CT molecular complexity index is 1290. The number of hydrogen-bond acceptors (Lipinski definition) is 7. The molecular weight excluding hydrogens is 430 g/mol. The predicted molar refractivity (Wildman–Crippen MR) is 129 cm³/mol. The standard InChI is InChI=1S/C25H25N7O2/c1-16-6-8-17(9-7-16)12-24(34)26-18-13-22(27-23(14-18)32-11-10-19(33)15-32)20-4-2-3-5-21(20)25-28-30-31-29-25/h2-9,13-14,19,33H,10-12,15H2,1H3,(H,26,27,34)(H,28,29,30,31). The summed E-state index contributed by atoms with van der Waals surface area (Å²) in [7, 11) is 0. The molecule has 0 bridgehead atoms. The highest BCUT2D eigenvalue weighted by Gasteiger charge is 2.23. The van der Waals surface area contributed by atoms with Crippen LogP contribution in [0, 0.1) is 6.92 Å². The van der Waals surface area contributed by atoms with Crippen molar-refractivity contribution in [2.75, 3.05) is 23.3 Å². The molecule has 0 spiro atoms. The summed E-state index contributed by atoms with van der Waals surface area (Å²) in [4.78, 5) is 19.7. The van der Waals surface area contributed by atoms with Gasteiger partial charge in [0, 0.05) is 36.0 Å². The molecule has 0 saturated carbocycles. The molecule has 5 rings (SSSR count). The van der Waals surface area contributed by atoms with E-state index in [9.17, 15) is 9.90 Å². The molecule has 3 N–H and O–H groups in total. The van der Waals surface area contributed by atoms with Gasteiger partial charge in [0.1, 0.15) is 5.82 Å². The van der Waals surface area contributed by atoms with Gasteiger partial charge < -0.3 is 15.3 Å². The van der Waals surface area contributed by atoms with E-state index in [2.05, 4.69) is 25.9 Å². The molecule has 1 aliphatic rings. The first-order valence-corrected chi connectivity index (χ1v) is 11.2. The molecule has 4 aromatic rings. The largest absolute Gasteiger partial charge is 0.391 e. The molecule has 34 heavy (non-hydrogen) atoms. The summed E-state index contributed by atoms with van der Waals surface area (Å²) in [5.74, 6) is 1.05. The van der Waals surface area contributed by atoms with Crippen molar-refractivity contribution in [2.45, 2.75) is 25.9 Å².